The molecular weight excluding hydrogens is 276 g/mol. The fourth-order valence-electron chi connectivity index (χ4n) is 3.83. The lowest BCUT2D eigenvalue weighted by molar-refractivity contribution is -0.139. The van der Waals surface area contributed by atoms with Crippen molar-refractivity contribution in [1.29, 1.82) is 0 Å². The molecule has 3 heterocycles. The Balaban J connectivity index is 1.43. The SMILES string of the molecule is C[C@@H]1C[C@H](C(=O)N2CCn3nc(C4CC4)cc3C2)CCN1C. The van der Waals surface area contributed by atoms with E-state index in [1.54, 1.807) is 0 Å². The van der Waals surface area contributed by atoms with Crippen LogP contribution >= 0.6 is 0 Å². The molecule has 2 aliphatic heterocycles. The zero-order chi connectivity index (χ0) is 15.3. The Hall–Kier alpha value is -1.36. The number of nitrogens with zero attached hydrogens (tertiary/aromatic N) is 4. The molecule has 0 unspecified atom stereocenters. The number of fused-ring (bicyclic) bond motifs is 1. The quantitative estimate of drug-likeness (QED) is 0.837. The van der Waals surface area contributed by atoms with Gasteiger partial charge in [-0.05, 0) is 52.3 Å². The molecule has 0 radical (unpaired) electrons. The molecule has 1 saturated heterocycles. The van der Waals surface area contributed by atoms with E-state index < -0.39 is 0 Å². The van der Waals surface area contributed by atoms with E-state index in [9.17, 15) is 4.79 Å². The number of hydrogen-bond donors (Lipinski definition) is 0. The number of amides is 1. The first-order chi connectivity index (χ1) is 10.6. The molecular formula is C17H26N4O. The number of likely N-dealkylation sites (tertiary alicyclic amines) is 1. The van der Waals surface area contributed by atoms with Crippen molar-refractivity contribution in [1.82, 2.24) is 19.6 Å². The average molecular weight is 302 g/mol. The lowest BCUT2D eigenvalue weighted by atomic mass is 9.90. The highest BCUT2D eigenvalue weighted by Gasteiger charge is 2.33. The molecule has 120 valence electrons. The van der Waals surface area contributed by atoms with Crippen molar-refractivity contribution in [3.63, 3.8) is 0 Å². The van der Waals surface area contributed by atoms with Crippen molar-refractivity contribution in [2.24, 2.45) is 5.92 Å². The minimum atomic E-state index is 0.212. The van der Waals surface area contributed by atoms with Crippen molar-refractivity contribution in [3.8, 4) is 0 Å². The smallest absolute Gasteiger partial charge is 0.226 e. The van der Waals surface area contributed by atoms with Gasteiger partial charge in [-0.1, -0.05) is 0 Å². The lowest BCUT2D eigenvalue weighted by Gasteiger charge is -2.37. The van der Waals surface area contributed by atoms with Crippen LogP contribution < -0.4 is 0 Å². The Labute approximate surface area is 132 Å². The molecule has 1 aromatic rings. The molecule has 1 saturated carbocycles. The Morgan fingerprint density at radius 1 is 1.23 bits per heavy atom. The number of rotatable bonds is 2. The van der Waals surface area contributed by atoms with Crippen LogP contribution in [0.1, 0.15) is 49.9 Å². The van der Waals surface area contributed by atoms with Crippen molar-refractivity contribution in [3.05, 3.63) is 17.5 Å². The van der Waals surface area contributed by atoms with Crippen LogP contribution in [0.25, 0.3) is 0 Å². The molecule has 3 aliphatic rings. The first-order valence-electron chi connectivity index (χ1n) is 8.67. The molecule has 0 N–H and O–H groups in total. The molecule has 0 aromatic carbocycles. The summed E-state index contributed by atoms with van der Waals surface area (Å²) >= 11 is 0. The van der Waals surface area contributed by atoms with Gasteiger partial charge in [-0.2, -0.15) is 5.10 Å². The first-order valence-corrected chi connectivity index (χ1v) is 8.67. The maximum atomic E-state index is 12.8. The summed E-state index contributed by atoms with van der Waals surface area (Å²) in [5.74, 6) is 1.26. The Morgan fingerprint density at radius 2 is 2.05 bits per heavy atom. The van der Waals surface area contributed by atoms with Crippen LogP contribution in [0.5, 0.6) is 0 Å². The van der Waals surface area contributed by atoms with Gasteiger partial charge in [-0.25, -0.2) is 0 Å². The zero-order valence-electron chi connectivity index (χ0n) is 13.7. The summed E-state index contributed by atoms with van der Waals surface area (Å²) in [4.78, 5) is 17.3. The highest BCUT2D eigenvalue weighted by molar-refractivity contribution is 5.79. The second-order valence-corrected chi connectivity index (χ2v) is 7.37. The topological polar surface area (TPSA) is 41.4 Å². The summed E-state index contributed by atoms with van der Waals surface area (Å²) < 4.78 is 2.12. The van der Waals surface area contributed by atoms with Crippen LogP contribution in [0, 0.1) is 5.92 Å². The Bertz CT molecular complexity index is 577. The maximum Gasteiger partial charge on any atom is 0.226 e. The van der Waals surface area contributed by atoms with E-state index in [-0.39, 0.29) is 5.92 Å². The van der Waals surface area contributed by atoms with Crippen LogP contribution in [0.3, 0.4) is 0 Å². The third-order valence-electron chi connectivity index (χ3n) is 5.68. The van der Waals surface area contributed by atoms with Crippen LogP contribution in [0.4, 0.5) is 0 Å². The second kappa shape index (κ2) is 5.37. The zero-order valence-corrected chi connectivity index (χ0v) is 13.7. The molecule has 1 aromatic heterocycles. The van der Waals surface area contributed by atoms with Gasteiger partial charge in [0.05, 0.1) is 24.5 Å². The van der Waals surface area contributed by atoms with Gasteiger partial charge < -0.3 is 9.80 Å². The van der Waals surface area contributed by atoms with E-state index in [1.807, 2.05) is 0 Å². The Kier molecular flexibility index (Phi) is 3.48. The number of carbonyl (C=O) groups is 1. The van der Waals surface area contributed by atoms with Crippen LogP contribution in [-0.4, -0.2) is 51.7 Å². The van der Waals surface area contributed by atoms with Crippen LogP contribution in [-0.2, 0) is 17.9 Å². The monoisotopic (exact) mass is 302 g/mol. The van der Waals surface area contributed by atoms with Crippen LogP contribution in [0.2, 0.25) is 0 Å². The molecule has 5 heteroatoms. The minimum Gasteiger partial charge on any atom is -0.335 e. The molecule has 22 heavy (non-hydrogen) atoms. The molecule has 1 amide bonds. The van der Waals surface area contributed by atoms with Crippen LogP contribution in [0.15, 0.2) is 6.07 Å². The standard InChI is InChI=1S/C17H26N4O/c1-12-9-14(5-6-19(12)2)17(22)20-7-8-21-15(11-20)10-16(18-21)13-3-4-13/h10,12-14H,3-9,11H2,1-2H3/t12-,14-/m1/s1. The fourth-order valence-corrected chi connectivity index (χ4v) is 3.83. The van der Waals surface area contributed by atoms with Crippen molar-refractivity contribution in [2.75, 3.05) is 20.1 Å². The van der Waals surface area contributed by atoms with Gasteiger partial charge in [0.1, 0.15) is 0 Å². The molecule has 2 fully saturated rings. The second-order valence-electron chi connectivity index (χ2n) is 7.37. The largest absolute Gasteiger partial charge is 0.335 e. The summed E-state index contributed by atoms with van der Waals surface area (Å²) in [5.41, 5.74) is 2.47. The minimum absolute atomic E-state index is 0.212. The molecule has 2 atom stereocenters. The predicted octanol–water partition coefficient (Wildman–Crippen LogP) is 1.83. The molecule has 0 bridgehead atoms. The van der Waals surface area contributed by atoms with E-state index in [1.165, 1.54) is 24.2 Å². The molecule has 0 spiro atoms. The maximum absolute atomic E-state index is 12.8. The highest BCUT2D eigenvalue weighted by Crippen LogP contribution is 2.39. The number of piperidine rings is 1. The van der Waals surface area contributed by atoms with E-state index in [0.29, 0.717) is 17.9 Å². The van der Waals surface area contributed by atoms with E-state index in [0.717, 1.165) is 39.0 Å². The van der Waals surface area contributed by atoms with Gasteiger partial charge in [0, 0.05) is 24.4 Å². The fraction of sp³-hybridized carbons (Fsp3) is 0.765. The van der Waals surface area contributed by atoms with Gasteiger partial charge >= 0.3 is 0 Å². The highest BCUT2D eigenvalue weighted by atomic mass is 16.2. The van der Waals surface area contributed by atoms with E-state index in [4.69, 9.17) is 5.10 Å². The van der Waals surface area contributed by atoms with Gasteiger partial charge in [-0.3, -0.25) is 9.48 Å². The van der Waals surface area contributed by atoms with Crippen molar-refractivity contribution < 1.29 is 4.79 Å². The van der Waals surface area contributed by atoms with Gasteiger partial charge in [0.25, 0.3) is 0 Å². The summed E-state index contributed by atoms with van der Waals surface area (Å²) in [6.45, 7) is 5.69. The number of hydrogen-bond acceptors (Lipinski definition) is 3. The Morgan fingerprint density at radius 3 is 2.77 bits per heavy atom. The van der Waals surface area contributed by atoms with E-state index >= 15 is 0 Å². The average Bonchev–Trinajstić information content (AvgIpc) is 3.28. The third kappa shape index (κ3) is 2.56. The third-order valence-corrected chi connectivity index (χ3v) is 5.68. The lowest BCUT2D eigenvalue weighted by Crippen LogP contribution is -2.46. The number of aromatic nitrogens is 2. The van der Waals surface area contributed by atoms with Gasteiger partial charge in [-0.15, -0.1) is 0 Å². The summed E-state index contributed by atoms with van der Waals surface area (Å²) in [7, 11) is 2.16. The van der Waals surface area contributed by atoms with E-state index in [2.05, 4.69) is 34.5 Å². The molecule has 4 rings (SSSR count). The normalized spacial score (nSPS) is 29.5. The summed E-state index contributed by atoms with van der Waals surface area (Å²) in [6.07, 6.45) is 4.57. The van der Waals surface area contributed by atoms with Gasteiger partial charge in [0.2, 0.25) is 5.91 Å². The molecule has 1 aliphatic carbocycles. The summed E-state index contributed by atoms with van der Waals surface area (Å²) in [6, 6.07) is 2.74. The summed E-state index contributed by atoms with van der Waals surface area (Å²) in [5, 5.41) is 4.71. The predicted molar refractivity (Wildman–Crippen MR) is 84.4 cm³/mol. The molecule has 5 nitrogen and oxygen atoms in total. The van der Waals surface area contributed by atoms with Gasteiger partial charge in [0.15, 0.2) is 0 Å². The first kappa shape index (κ1) is 14.2. The van der Waals surface area contributed by atoms with Crippen molar-refractivity contribution >= 4 is 5.91 Å². The van der Waals surface area contributed by atoms with Crippen molar-refractivity contribution in [2.45, 2.75) is 57.7 Å². The number of carbonyl (C=O) groups excluding carboxylic acids is 1.